The summed E-state index contributed by atoms with van der Waals surface area (Å²) in [5.74, 6) is 1.67. The molecule has 0 amide bonds. The number of sulfonamides is 1. The van der Waals surface area contributed by atoms with E-state index < -0.39 is 21.9 Å². The van der Waals surface area contributed by atoms with E-state index in [-0.39, 0.29) is 16.5 Å². The lowest BCUT2D eigenvalue weighted by molar-refractivity contribution is 0.183. The van der Waals surface area contributed by atoms with E-state index in [0.29, 0.717) is 19.6 Å². The zero-order valence-electron chi connectivity index (χ0n) is 13.6. The molecule has 0 saturated carbocycles. The second-order valence-electron chi connectivity index (χ2n) is 5.96. The van der Waals surface area contributed by atoms with Crippen molar-refractivity contribution in [3.63, 3.8) is 0 Å². The summed E-state index contributed by atoms with van der Waals surface area (Å²) in [5.41, 5.74) is 1.04. The molecular formula is C17H18FN3O3S. The molecule has 1 saturated heterocycles. The summed E-state index contributed by atoms with van der Waals surface area (Å²) < 4.78 is 48.5. The van der Waals surface area contributed by atoms with Crippen LogP contribution in [0.15, 0.2) is 35.5 Å². The number of halogens is 1. The Hall–Kier alpha value is -2.21. The van der Waals surface area contributed by atoms with Gasteiger partial charge in [-0.1, -0.05) is 5.92 Å². The Morgan fingerprint density at radius 1 is 1.52 bits per heavy atom. The van der Waals surface area contributed by atoms with Gasteiger partial charge >= 0.3 is 0 Å². The molecule has 1 aliphatic rings. The van der Waals surface area contributed by atoms with Gasteiger partial charge in [0.15, 0.2) is 0 Å². The van der Waals surface area contributed by atoms with Gasteiger partial charge in [0.2, 0.25) is 10.0 Å². The molecule has 1 fully saturated rings. The Labute approximate surface area is 146 Å². The Morgan fingerprint density at radius 3 is 2.88 bits per heavy atom. The highest BCUT2D eigenvalue weighted by atomic mass is 32.2. The molecule has 8 heteroatoms. The zero-order chi connectivity index (χ0) is 18.0. The third kappa shape index (κ3) is 3.74. The molecule has 1 aromatic heterocycles. The number of terminal acetylenes is 1. The molecule has 1 N–H and O–H groups in total. The van der Waals surface area contributed by atoms with E-state index in [1.807, 2.05) is 6.92 Å². The van der Waals surface area contributed by atoms with Gasteiger partial charge < -0.3 is 4.74 Å². The first-order valence-corrected chi connectivity index (χ1v) is 9.26. The summed E-state index contributed by atoms with van der Waals surface area (Å²) >= 11 is 0. The van der Waals surface area contributed by atoms with Crippen molar-refractivity contribution in [1.82, 2.24) is 14.5 Å². The van der Waals surface area contributed by atoms with Gasteiger partial charge in [-0.05, 0) is 37.1 Å². The predicted molar refractivity (Wildman–Crippen MR) is 90.1 cm³/mol. The molecule has 0 bridgehead atoms. The van der Waals surface area contributed by atoms with Crippen molar-refractivity contribution in [1.29, 1.82) is 0 Å². The van der Waals surface area contributed by atoms with Crippen LogP contribution in [0.1, 0.15) is 12.0 Å². The van der Waals surface area contributed by atoms with Crippen LogP contribution in [0.3, 0.4) is 0 Å². The fourth-order valence-electron chi connectivity index (χ4n) is 2.70. The van der Waals surface area contributed by atoms with Gasteiger partial charge in [-0.25, -0.2) is 17.5 Å². The number of aryl methyl sites for hydroxylation is 1. The third-order valence-corrected chi connectivity index (χ3v) is 5.52. The van der Waals surface area contributed by atoms with Gasteiger partial charge in [-0.2, -0.15) is 9.82 Å². The second kappa shape index (κ2) is 6.96. The van der Waals surface area contributed by atoms with Gasteiger partial charge in [0.05, 0.1) is 23.7 Å². The smallest absolute Gasteiger partial charge is 0.241 e. The normalized spacial score (nSPS) is 18.8. The molecule has 132 valence electrons. The summed E-state index contributed by atoms with van der Waals surface area (Å²) in [5, 5.41) is 4.02. The van der Waals surface area contributed by atoms with Gasteiger partial charge in [0, 0.05) is 18.7 Å². The van der Waals surface area contributed by atoms with Crippen LogP contribution in [0.4, 0.5) is 4.39 Å². The molecule has 0 aliphatic carbocycles. The van der Waals surface area contributed by atoms with Crippen molar-refractivity contribution < 1.29 is 17.5 Å². The predicted octanol–water partition coefficient (Wildman–Crippen LogP) is 1.64. The SMILES string of the molecule is C#C[C@H](NS(=O)(=O)c1ccc(-n2cc(C)cn2)c(F)c1)[C@@H]1CCOC1. The van der Waals surface area contributed by atoms with Crippen molar-refractivity contribution in [3.05, 3.63) is 42.0 Å². The van der Waals surface area contributed by atoms with Crippen LogP contribution in [0, 0.1) is 31.0 Å². The molecule has 0 radical (unpaired) electrons. The Balaban J connectivity index is 1.85. The monoisotopic (exact) mass is 363 g/mol. The van der Waals surface area contributed by atoms with Crippen LogP contribution in [0.5, 0.6) is 0 Å². The van der Waals surface area contributed by atoms with Crippen molar-refractivity contribution in [2.75, 3.05) is 13.2 Å². The number of nitrogens with zero attached hydrogens (tertiary/aromatic N) is 2. The van der Waals surface area contributed by atoms with E-state index in [1.54, 1.807) is 12.4 Å². The van der Waals surface area contributed by atoms with E-state index >= 15 is 0 Å². The maximum Gasteiger partial charge on any atom is 0.241 e. The number of hydrogen-bond acceptors (Lipinski definition) is 4. The van der Waals surface area contributed by atoms with Crippen LogP contribution in [0.25, 0.3) is 5.69 Å². The standard InChI is InChI=1S/C17H18FN3O3S/c1-3-16(13-6-7-24-11-13)20-25(22,23)14-4-5-17(15(18)8-14)21-10-12(2)9-19-21/h1,4-5,8-10,13,16,20H,6-7,11H2,2H3/t13-,16+/m1/s1. The van der Waals surface area contributed by atoms with Gasteiger partial charge in [0.1, 0.15) is 11.5 Å². The highest BCUT2D eigenvalue weighted by molar-refractivity contribution is 7.89. The van der Waals surface area contributed by atoms with Crippen LogP contribution < -0.4 is 4.72 Å². The first-order chi connectivity index (χ1) is 11.9. The number of hydrogen-bond donors (Lipinski definition) is 1. The van der Waals surface area contributed by atoms with Crippen molar-refractivity contribution in [2.45, 2.75) is 24.3 Å². The lowest BCUT2D eigenvalue weighted by Crippen LogP contribution is -2.39. The summed E-state index contributed by atoms with van der Waals surface area (Å²) in [6.07, 6.45) is 9.38. The van der Waals surface area contributed by atoms with Crippen molar-refractivity contribution in [2.24, 2.45) is 5.92 Å². The van der Waals surface area contributed by atoms with Crippen LogP contribution in [-0.4, -0.2) is 37.5 Å². The minimum atomic E-state index is -3.94. The van der Waals surface area contributed by atoms with Gasteiger partial charge in [0.25, 0.3) is 0 Å². The largest absolute Gasteiger partial charge is 0.381 e. The number of benzene rings is 1. The lowest BCUT2D eigenvalue weighted by atomic mass is 10.0. The average Bonchev–Trinajstić information content (AvgIpc) is 3.24. The molecule has 0 unspecified atom stereocenters. The molecule has 3 rings (SSSR count). The highest BCUT2D eigenvalue weighted by Crippen LogP contribution is 2.21. The first-order valence-electron chi connectivity index (χ1n) is 7.78. The van der Waals surface area contributed by atoms with Crippen LogP contribution >= 0.6 is 0 Å². The first kappa shape index (κ1) is 17.6. The summed E-state index contributed by atoms with van der Waals surface area (Å²) in [6, 6.07) is 2.98. The van der Waals surface area contributed by atoms with Crippen molar-refractivity contribution in [3.8, 4) is 18.0 Å². The van der Waals surface area contributed by atoms with E-state index in [9.17, 15) is 12.8 Å². The van der Waals surface area contributed by atoms with Gasteiger partial charge in [-0.3, -0.25) is 0 Å². The molecular weight excluding hydrogens is 345 g/mol. The maximum atomic E-state index is 14.4. The quantitative estimate of drug-likeness (QED) is 0.820. The number of rotatable bonds is 5. The third-order valence-electron chi connectivity index (χ3n) is 4.09. The molecule has 2 heterocycles. The molecule has 2 aromatic rings. The lowest BCUT2D eigenvalue weighted by Gasteiger charge is -2.18. The number of ether oxygens (including phenoxy) is 1. The fraction of sp³-hybridized carbons (Fsp3) is 0.353. The summed E-state index contributed by atoms with van der Waals surface area (Å²) in [7, 11) is -3.94. The minimum absolute atomic E-state index is 0.0871. The molecule has 25 heavy (non-hydrogen) atoms. The molecule has 1 aromatic carbocycles. The Morgan fingerprint density at radius 2 is 2.32 bits per heavy atom. The zero-order valence-corrected chi connectivity index (χ0v) is 14.5. The summed E-state index contributed by atoms with van der Waals surface area (Å²) in [6.45, 7) is 2.79. The van der Waals surface area contributed by atoms with Crippen LogP contribution in [-0.2, 0) is 14.8 Å². The van der Waals surface area contributed by atoms with E-state index in [1.165, 1.54) is 16.8 Å². The average molecular weight is 363 g/mol. The molecule has 6 nitrogen and oxygen atoms in total. The minimum Gasteiger partial charge on any atom is -0.381 e. The fourth-order valence-corrected chi connectivity index (χ4v) is 3.94. The maximum absolute atomic E-state index is 14.4. The van der Waals surface area contributed by atoms with Crippen LogP contribution in [0.2, 0.25) is 0 Å². The number of aromatic nitrogens is 2. The number of nitrogens with one attached hydrogen (secondary N) is 1. The van der Waals surface area contributed by atoms with Gasteiger partial charge in [-0.15, -0.1) is 6.42 Å². The molecule has 0 spiro atoms. The second-order valence-corrected chi connectivity index (χ2v) is 7.68. The van der Waals surface area contributed by atoms with E-state index in [2.05, 4.69) is 15.7 Å². The molecule has 2 atom stereocenters. The topological polar surface area (TPSA) is 73.2 Å². The Kier molecular flexibility index (Phi) is 4.90. The highest BCUT2D eigenvalue weighted by Gasteiger charge is 2.29. The van der Waals surface area contributed by atoms with E-state index in [0.717, 1.165) is 11.6 Å². The Bertz CT molecular complexity index is 911. The van der Waals surface area contributed by atoms with E-state index in [4.69, 9.17) is 11.2 Å². The molecule has 1 aliphatic heterocycles. The van der Waals surface area contributed by atoms with Crippen molar-refractivity contribution >= 4 is 10.0 Å². The summed E-state index contributed by atoms with van der Waals surface area (Å²) in [4.78, 5) is -0.184.